The normalized spacial score (nSPS) is 13.9. The Balaban J connectivity index is 2.03. The molecular formula is C13H14BrNO5. The van der Waals surface area contributed by atoms with Gasteiger partial charge in [0.1, 0.15) is 0 Å². The smallest absolute Gasteiger partial charge is 0.303 e. The van der Waals surface area contributed by atoms with Crippen LogP contribution in [0.25, 0.3) is 0 Å². The van der Waals surface area contributed by atoms with Crippen molar-refractivity contribution in [2.75, 3.05) is 6.79 Å². The van der Waals surface area contributed by atoms with Crippen molar-refractivity contribution in [1.29, 1.82) is 0 Å². The summed E-state index contributed by atoms with van der Waals surface area (Å²) < 4.78 is 11.1. The largest absolute Gasteiger partial charge is 0.481 e. The van der Waals surface area contributed by atoms with E-state index in [1.165, 1.54) is 0 Å². The van der Waals surface area contributed by atoms with Crippen LogP contribution in [0.1, 0.15) is 30.1 Å². The van der Waals surface area contributed by atoms with Crippen molar-refractivity contribution in [2.24, 2.45) is 0 Å². The Kier molecular flexibility index (Phi) is 4.49. The van der Waals surface area contributed by atoms with Gasteiger partial charge in [0.05, 0.1) is 4.47 Å². The third kappa shape index (κ3) is 3.41. The molecule has 108 valence electrons. The first-order chi connectivity index (χ1) is 9.47. The molecule has 0 aromatic heterocycles. The average Bonchev–Trinajstić information content (AvgIpc) is 2.85. The Hall–Kier alpha value is -1.76. The van der Waals surface area contributed by atoms with Gasteiger partial charge < -0.3 is 19.9 Å². The maximum atomic E-state index is 12.1. The molecule has 1 aromatic rings. The first kappa shape index (κ1) is 14.6. The van der Waals surface area contributed by atoms with Crippen molar-refractivity contribution in [3.8, 4) is 11.5 Å². The Bertz CT molecular complexity index is 546. The van der Waals surface area contributed by atoms with Crippen molar-refractivity contribution < 1.29 is 24.2 Å². The van der Waals surface area contributed by atoms with E-state index in [2.05, 4.69) is 21.2 Å². The van der Waals surface area contributed by atoms with E-state index in [1.807, 2.05) is 0 Å². The van der Waals surface area contributed by atoms with Crippen molar-refractivity contribution in [1.82, 2.24) is 5.32 Å². The number of nitrogens with one attached hydrogen (secondary N) is 1. The summed E-state index contributed by atoms with van der Waals surface area (Å²) in [6, 6.07) is 3.03. The molecule has 1 unspecified atom stereocenters. The summed E-state index contributed by atoms with van der Waals surface area (Å²) in [4.78, 5) is 22.6. The second kappa shape index (κ2) is 6.13. The molecule has 1 heterocycles. The number of ether oxygens (including phenoxy) is 2. The van der Waals surface area contributed by atoms with Gasteiger partial charge in [-0.3, -0.25) is 9.59 Å². The quantitative estimate of drug-likeness (QED) is 0.855. The fourth-order valence-electron chi connectivity index (χ4n) is 1.82. The lowest BCUT2D eigenvalue weighted by Gasteiger charge is -2.13. The predicted molar refractivity (Wildman–Crippen MR) is 74.1 cm³/mol. The molecule has 2 N–H and O–H groups in total. The lowest BCUT2D eigenvalue weighted by atomic mass is 10.1. The van der Waals surface area contributed by atoms with Crippen LogP contribution in [-0.2, 0) is 4.79 Å². The van der Waals surface area contributed by atoms with Gasteiger partial charge >= 0.3 is 5.97 Å². The van der Waals surface area contributed by atoms with Gasteiger partial charge in [0.25, 0.3) is 5.91 Å². The molecule has 0 saturated heterocycles. The molecular weight excluding hydrogens is 330 g/mol. The maximum absolute atomic E-state index is 12.1. The van der Waals surface area contributed by atoms with Crippen molar-refractivity contribution in [3.05, 3.63) is 22.2 Å². The highest BCUT2D eigenvalue weighted by atomic mass is 79.9. The molecule has 1 aliphatic rings. The molecule has 20 heavy (non-hydrogen) atoms. The summed E-state index contributed by atoms with van der Waals surface area (Å²) >= 11 is 3.32. The third-order valence-corrected chi connectivity index (χ3v) is 3.45. The number of carboxylic acids is 1. The van der Waals surface area contributed by atoms with Crippen LogP contribution >= 0.6 is 15.9 Å². The number of hydrogen-bond acceptors (Lipinski definition) is 4. The second-order valence-corrected chi connectivity index (χ2v) is 5.35. The van der Waals surface area contributed by atoms with E-state index in [9.17, 15) is 9.59 Å². The molecule has 2 rings (SSSR count). The number of benzene rings is 1. The van der Waals surface area contributed by atoms with E-state index in [1.54, 1.807) is 19.1 Å². The molecule has 1 atom stereocenters. The minimum absolute atomic E-state index is 0.0201. The lowest BCUT2D eigenvalue weighted by Crippen LogP contribution is -2.32. The monoisotopic (exact) mass is 343 g/mol. The average molecular weight is 344 g/mol. The molecule has 6 nitrogen and oxygen atoms in total. The number of carboxylic acid groups (broad SMARTS) is 1. The topological polar surface area (TPSA) is 84.9 Å². The minimum atomic E-state index is -0.878. The van der Waals surface area contributed by atoms with E-state index in [0.29, 0.717) is 28.0 Å². The molecule has 0 fully saturated rings. The summed E-state index contributed by atoms with van der Waals surface area (Å²) in [5, 5.41) is 11.4. The second-order valence-electron chi connectivity index (χ2n) is 4.50. The van der Waals surface area contributed by atoms with Crippen LogP contribution in [0.2, 0.25) is 0 Å². The molecule has 7 heteroatoms. The van der Waals surface area contributed by atoms with Crippen LogP contribution in [0, 0.1) is 0 Å². The van der Waals surface area contributed by atoms with Gasteiger partial charge in [0, 0.05) is 18.0 Å². The standard InChI is InChI=1S/C13H14BrNO5/c1-7(2-3-11(16)17)15-13(18)8-4-9(14)12-10(5-8)19-6-20-12/h4-5,7H,2-3,6H2,1H3,(H,15,18)(H,16,17). The van der Waals surface area contributed by atoms with Crippen molar-refractivity contribution >= 4 is 27.8 Å². The van der Waals surface area contributed by atoms with Crippen LogP contribution in [0.5, 0.6) is 11.5 Å². The molecule has 0 radical (unpaired) electrons. The number of aliphatic carboxylic acids is 1. The van der Waals surface area contributed by atoms with Gasteiger partial charge in [-0.1, -0.05) is 0 Å². The number of carbonyl (C=O) groups is 2. The number of rotatable bonds is 5. The van der Waals surface area contributed by atoms with Gasteiger partial charge in [-0.25, -0.2) is 0 Å². The van der Waals surface area contributed by atoms with Crippen LogP contribution in [0.4, 0.5) is 0 Å². The molecule has 0 saturated carbocycles. The lowest BCUT2D eigenvalue weighted by molar-refractivity contribution is -0.137. The Labute approximate surface area is 124 Å². The van der Waals surface area contributed by atoms with E-state index in [0.717, 1.165) is 0 Å². The molecule has 1 amide bonds. The van der Waals surface area contributed by atoms with Gasteiger partial charge in [-0.2, -0.15) is 0 Å². The zero-order valence-electron chi connectivity index (χ0n) is 10.8. The summed E-state index contributed by atoms with van der Waals surface area (Å²) in [6.45, 7) is 1.90. The van der Waals surface area contributed by atoms with E-state index < -0.39 is 5.97 Å². The minimum Gasteiger partial charge on any atom is -0.481 e. The summed E-state index contributed by atoms with van der Waals surface area (Å²) in [7, 11) is 0. The van der Waals surface area contributed by atoms with E-state index in [-0.39, 0.29) is 25.2 Å². The van der Waals surface area contributed by atoms with Crippen LogP contribution < -0.4 is 14.8 Å². The zero-order chi connectivity index (χ0) is 14.7. The summed E-state index contributed by atoms with van der Waals surface area (Å²) in [6.07, 6.45) is 0.402. The Morgan fingerprint density at radius 2 is 2.20 bits per heavy atom. The van der Waals surface area contributed by atoms with E-state index >= 15 is 0 Å². The molecule has 1 aliphatic heterocycles. The van der Waals surface area contributed by atoms with E-state index in [4.69, 9.17) is 14.6 Å². The van der Waals surface area contributed by atoms with Crippen molar-refractivity contribution in [2.45, 2.75) is 25.8 Å². The number of carbonyl (C=O) groups excluding carboxylic acids is 1. The van der Waals surface area contributed by atoms with Gasteiger partial charge in [0.2, 0.25) is 6.79 Å². The maximum Gasteiger partial charge on any atom is 0.303 e. The van der Waals surface area contributed by atoms with Crippen molar-refractivity contribution in [3.63, 3.8) is 0 Å². The number of fused-ring (bicyclic) bond motifs is 1. The molecule has 1 aromatic carbocycles. The van der Waals surface area contributed by atoms with Crippen LogP contribution in [-0.4, -0.2) is 29.8 Å². The Morgan fingerprint density at radius 1 is 1.45 bits per heavy atom. The summed E-state index contributed by atoms with van der Waals surface area (Å²) in [5.74, 6) is -0.0537. The Morgan fingerprint density at radius 3 is 2.90 bits per heavy atom. The van der Waals surface area contributed by atoms with Crippen LogP contribution in [0.15, 0.2) is 16.6 Å². The molecule has 0 bridgehead atoms. The molecule has 0 aliphatic carbocycles. The highest BCUT2D eigenvalue weighted by Gasteiger charge is 2.21. The SMILES string of the molecule is CC(CCC(=O)O)NC(=O)c1cc(Br)c2c(c1)OCO2. The fourth-order valence-corrected chi connectivity index (χ4v) is 2.37. The first-order valence-electron chi connectivity index (χ1n) is 6.09. The van der Waals surface area contributed by atoms with Gasteiger partial charge in [-0.15, -0.1) is 0 Å². The predicted octanol–water partition coefficient (Wildman–Crippen LogP) is 2.16. The third-order valence-electron chi connectivity index (χ3n) is 2.86. The van der Waals surface area contributed by atoms with Crippen LogP contribution in [0.3, 0.4) is 0 Å². The number of hydrogen-bond donors (Lipinski definition) is 2. The zero-order valence-corrected chi connectivity index (χ0v) is 12.4. The highest BCUT2D eigenvalue weighted by molar-refractivity contribution is 9.10. The van der Waals surface area contributed by atoms with Gasteiger partial charge in [-0.05, 0) is 41.4 Å². The van der Waals surface area contributed by atoms with Gasteiger partial charge in [0.15, 0.2) is 11.5 Å². The number of halogens is 1. The first-order valence-corrected chi connectivity index (χ1v) is 6.88. The number of amides is 1. The molecule has 0 spiro atoms. The highest BCUT2D eigenvalue weighted by Crippen LogP contribution is 2.39. The fraction of sp³-hybridized carbons (Fsp3) is 0.385. The summed E-state index contributed by atoms with van der Waals surface area (Å²) in [5.41, 5.74) is 0.434.